The summed E-state index contributed by atoms with van der Waals surface area (Å²) in [6, 6.07) is 12.7. The van der Waals surface area contributed by atoms with Gasteiger partial charge in [-0.3, -0.25) is 14.4 Å². The highest BCUT2D eigenvalue weighted by Crippen LogP contribution is 2.42. The van der Waals surface area contributed by atoms with Crippen LogP contribution in [0.25, 0.3) is 0 Å². The van der Waals surface area contributed by atoms with Gasteiger partial charge in [0.1, 0.15) is 0 Å². The monoisotopic (exact) mass is 390 g/mol. The molecule has 5 heteroatoms. The molecule has 2 aromatic carbocycles. The fourth-order valence-corrected chi connectivity index (χ4v) is 4.73. The number of hydrogen-bond acceptors (Lipinski definition) is 3. The summed E-state index contributed by atoms with van der Waals surface area (Å²) in [5, 5.41) is 2.92. The van der Waals surface area contributed by atoms with Crippen LogP contribution in [0.4, 0.5) is 11.4 Å². The maximum Gasteiger partial charge on any atom is 0.257 e. The normalized spacial score (nSPS) is 23.8. The van der Waals surface area contributed by atoms with Crippen molar-refractivity contribution in [1.82, 2.24) is 0 Å². The van der Waals surface area contributed by atoms with Crippen molar-refractivity contribution >= 4 is 29.1 Å². The molecule has 1 saturated heterocycles. The smallest absolute Gasteiger partial charge is 0.257 e. The van der Waals surface area contributed by atoms with Crippen LogP contribution < -0.4 is 10.2 Å². The molecule has 5 nitrogen and oxygen atoms in total. The predicted molar refractivity (Wildman–Crippen MR) is 113 cm³/mol. The van der Waals surface area contributed by atoms with E-state index in [0.29, 0.717) is 22.9 Å². The first-order valence-corrected chi connectivity index (χ1v) is 10.2. The van der Waals surface area contributed by atoms with Crippen molar-refractivity contribution in [2.24, 2.45) is 17.8 Å². The molecule has 0 aromatic heterocycles. The number of rotatable bonds is 3. The Morgan fingerprint density at radius 1 is 0.966 bits per heavy atom. The van der Waals surface area contributed by atoms with Crippen LogP contribution in [0.1, 0.15) is 47.7 Å². The number of carbonyl (C=O) groups excluding carboxylic acids is 3. The summed E-state index contributed by atoms with van der Waals surface area (Å²) < 4.78 is 0. The molecular formula is C24H26N2O3. The van der Waals surface area contributed by atoms with Crippen molar-refractivity contribution in [3.8, 4) is 0 Å². The van der Waals surface area contributed by atoms with E-state index in [4.69, 9.17) is 0 Å². The van der Waals surface area contributed by atoms with E-state index in [1.807, 2.05) is 32.0 Å². The summed E-state index contributed by atoms with van der Waals surface area (Å²) in [5.74, 6) is -0.738. The molecule has 1 heterocycles. The topological polar surface area (TPSA) is 66.5 Å². The number of aryl methyl sites for hydroxylation is 2. The molecule has 29 heavy (non-hydrogen) atoms. The van der Waals surface area contributed by atoms with Crippen LogP contribution in [0.2, 0.25) is 0 Å². The van der Waals surface area contributed by atoms with Crippen LogP contribution in [0.15, 0.2) is 42.5 Å². The highest BCUT2D eigenvalue weighted by atomic mass is 16.2. The lowest BCUT2D eigenvalue weighted by atomic mass is 9.76. The first-order chi connectivity index (χ1) is 13.8. The zero-order valence-electron chi connectivity index (χ0n) is 17.1. The Labute approximate surface area is 171 Å². The van der Waals surface area contributed by atoms with Gasteiger partial charge in [-0.2, -0.15) is 0 Å². The SMILES string of the molecule is Cc1cc(C)cc(NC(=O)c2ccccc2N2C(=O)[C@@H]3CC[C@@H](C)C[C@H]3C2=O)c1. The molecule has 0 unspecified atom stereocenters. The Kier molecular flexibility index (Phi) is 4.99. The lowest BCUT2D eigenvalue weighted by Gasteiger charge is -2.25. The molecule has 4 rings (SSSR count). The Bertz CT molecular complexity index is 977. The second kappa shape index (κ2) is 7.47. The van der Waals surface area contributed by atoms with Gasteiger partial charge in [-0.05, 0) is 74.4 Å². The Balaban J connectivity index is 1.65. The predicted octanol–water partition coefficient (Wildman–Crippen LogP) is 4.48. The zero-order chi connectivity index (χ0) is 20.7. The number of fused-ring (bicyclic) bond motifs is 1. The van der Waals surface area contributed by atoms with E-state index >= 15 is 0 Å². The van der Waals surface area contributed by atoms with Crippen LogP contribution in [0.5, 0.6) is 0 Å². The van der Waals surface area contributed by atoms with Crippen molar-refractivity contribution in [1.29, 1.82) is 0 Å². The summed E-state index contributed by atoms with van der Waals surface area (Å²) >= 11 is 0. The number of imide groups is 1. The first-order valence-electron chi connectivity index (χ1n) is 10.2. The number of nitrogens with one attached hydrogen (secondary N) is 1. The van der Waals surface area contributed by atoms with Gasteiger partial charge < -0.3 is 5.32 Å². The number of carbonyl (C=O) groups is 3. The van der Waals surface area contributed by atoms with Crippen molar-refractivity contribution in [2.45, 2.75) is 40.0 Å². The van der Waals surface area contributed by atoms with E-state index in [1.165, 1.54) is 4.90 Å². The molecule has 2 aliphatic rings. The van der Waals surface area contributed by atoms with Gasteiger partial charge in [0.25, 0.3) is 5.91 Å². The van der Waals surface area contributed by atoms with Crippen molar-refractivity contribution in [3.63, 3.8) is 0 Å². The van der Waals surface area contributed by atoms with E-state index in [2.05, 4.69) is 12.2 Å². The lowest BCUT2D eigenvalue weighted by Crippen LogP contribution is -2.33. The van der Waals surface area contributed by atoms with E-state index in [0.717, 1.165) is 30.4 Å². The van der Waals surface area contributed by atoms with Crippen LogP contribution in [-0.4, -0.2) is 17.7 Å². The number of hydrogen-bond donors (Lipinski definition) is 1. The fourth-order valence-electron chi connectivity index (χ4n) is 4.73. The van der Waals surface area contributed by atoms with Gasteiger partial charge in [0.05, 0.1) is 23.1 Å². The molecule has 0 radical (unpaired) electrons. The van der Waals surface area contributed by atoms with Gasteiger partial charge in [-0.15, -0.1) is 0 Å². The number of para-hydroxylation sites is 1. The first kappa shape index (κ1) is 19.4. The number of amides is 3. The van der Waals surface area contributed by atoms with Crippen molar-refractivity contribution < 1.29 is 14.4 Å². The van der Waals surface area contributed by atoms with Gasteiger partial charge in [-0.25, -0.2) is 4.90 Å². The second-order valence-electron chi connectivity index (χ2n) is 8.49. The van der Waals surface area contributed by atoms with Crippen molar-refractivity contribution in [3.05, 3.63) is 59.2 Å². The summed E-state index contributed by atoms with van der Waals surface area (Å²) in [5.41, 5.74) is 3.52. The largest absolute Gasteiger partial charge is 0.322 e. The van der Waals surface area contributed by atoms with Crippen LogP contribution in [-0.2, 0) is 9.59 Å². The van der Waals surface area contributed by atoms with Crippen molar-refractivity contribution in [2.75, 3.05) is 10.2 Å². The minimum atomic E-state index is -0.325. The fraction of sp³-hybridized carbons (Fsp3) is 0.375. The lowest BCUT2D eigenvalue weighted by molar-refractivity contribution is -0.122. The molecule has 150 valence electrons. The number of benzene rings is 2. The van der Waals surface area contributed by atoms with Crippen LogP contribution >= 0.6 is 0 Å². The molecule has 1 aliphatic carbocycles. The summed E-state index contributed by atoms with van der Waals surface area (Å²) in [6.45, 7) is 6.07. The van der Waals surface area contributed by atoms with Gasteiger partial charge >= 0.3 is 0 Å². The van der Waals surface area contributed by atoms with E-state index in [9.17, 15) is 14.4 Å². The Morgan fingerprint density at radius 2 is 1.62 bits per heavy atom. The molecular weight excluding hydrogens is 364 g/mol. The molecule has 2 fully saturated rings. The molecule has 3 atom stereocenters. The van der Waals surface area contributed by atoms with Crippen LogP contribution in [0.3, 0.4) is 0 Å². The Morgan fingerprint density at radius 3 is 2.34 bits per heavy atom. The molecule has 1 aliphatic heterocycles. The van der Waals surface area contributed by atoms with Gasteiger partial charge in [0, 0.05) is 5.69 Å². The van der Waals surface area contributed by atoms with E-state index in [1.54, 1.807) is 24.3 Å². The molecule has 2 aromatic rings. The molecule has 3 amide bonds. The third-order valence-corrected chi connectivity index (χ3v) is 6.06. The maximum atomic E-state index is 13.1. The minimum absolute atomic E-state index is 0.168. The third kappa shape index (κ3) is 3.57. The highest BCUT2D eigenvalue weighted by molar-refractivity contribution is 6.24. The summed E-state index contributed by atoms with van der Waals surface area (Å²) in [4.78, 5) is 40.4. The molecule has 0 bridgehead atoms. The zero-order valence-corrected chi connectivity index (χ0v) is 17.1. The number of nitrogens with zero attached hydrogens (tertiary/aromatic N) is 1. The average Bonchev–Trinajstić information content (AvgIpc) is 2.91. The average molecular weight is 390 g/mol. The minimum Gasteiger partial charge on any atom is -0.322 e. The Hall–Kier alpha value is -2.95. The molecule has 0 spiro atoms. The quantitative estimate of drug-likeness (QED) is 0.786. The third-order valence-electron chi connectivity index (χ3n) is 6.06. The van der Waals surface area contributed by atoms with E-state index in [-0.39, 0.29) is 29.6 Å². The summed E-state index contributed by atoms with van der Waals surface area (Å²) in [6.07, 6.45) is 2.44. The maximum absolute atomic E-state index is 13.1. The summed E-state index contributed by atoms with van der Waals surface area (Å²) in [7, 11) is 0. The molecule has 1 saturated carbocycles. The van der Waals surface area contributed by atoms with E-state index < -0.39 is 0 Å². The number of anilines is 2. The highest BCUT2D eigenvalue weighted by Gasteiger charge is 2.50. The van der Waals surface area contributed by atoms with Crippen LogP contribution in [0, 0.1) is 31.6 Å². The standard InChI is InChI=1S/C24H26N2O3/c1-14-8-9-18-20(13-14)24(29)26(23(18)28)21-7-5-4-6-19(21)22(27)25-17-11-15(2)10-16(3)12-17/h4-7,10-12,14,18,20H,8-9,13H2,1-3H3,(H,25,27)/t14-,18-,20-/m1/s1. The van der Waals surface area contributed by atoms with Gasteiger partial charge in [0.2, 0.25) is 11.8 Å². The van der Waals surface area contributed by atoms with Gasteiger partial charge in [-0.1, -0.05) is 25.1 Å². The molecule has 1 N–H and O–H groups in total. The second-order valence-corrected chi connectivity index (χ2v) is 8.49. The van der Waals surface area contributed by atoms with Gasteiger partial charge in [0.15, 0.2) is 0 Å².